The average molecular weight is 611 g/mol. The van der Waals surface area contributed by atoms with Gasteiger partial charge in [-0.1, -0.05) is 19.4 Å². The van der Waals surface area contributed by atoms with Gasteiger partial charge in [0.1, 0.15) is 6.04 Å². The van der Waals surface area contributed by atoms with E-state index in [-0.39, 0.29) is 56.7 Å². The van der Waals surface area contributed by atoms with Gasteiger partial charge >= 0.3 is 11.9 Å². The second-order valence-electron chi connectivity index (χ2n) is 4.81. The van der Waals surface area contributed by atoms with Gasteiger partial charge in [-0.05, 0) is 0 Å². The normalized spacial score (nSPS) is 12.8. The number of nitrogens with zero attached hydrogens (tertiary/aromatic N) is 1. The average Bonchev–Trinajstić information content (AvgIpc) is 2.43. The fourth-order valence-electron chi connectivity index (χ4n) is 1.41. The number of carbonyl (C=O) groups excluding carboxylic acids is 1. The molecular formula is C13H24AcN2O9S-2. The third-order valence-electron chi connectivity index (χ3n) is 2.56. The van der Waals surface area contributed by atoms with Crippen molar-refractivity contribution in [2.75, 3.05) is 25.4 Å². The van der Waals surface area contributed by atoms with Crippen LogP contribution in [-0.4, -0.2) is 88.6 Å². The first-order chi connectivity index (χ1) is 11.3. The minimum atomic E-state index is -4.61. The number of carboxylic acid groups (broad SMARTS) is 2. The molecule has 0 saturated heterocycles. The first-order valence-electron chi connectivity index (χ1n) is 7.04. The van der Waals surface area contributed by atoms with Gasteiger partial charge < -0.3 is 34.5 Å². The Morgan fingerprint density at radius 1 is 1.15 bits per heavy atom. The van der Waals surface area contributed by atoms with Crippen molar-refractivity contribution in [3.05, 3.63) is 13.8 Å². The van der Waals surface area contributed by atoms with Gasteiger partial charge in [0.05, 0.1) is 18.8 Å². The van der Waals surface area contributed by atoms with Gasteiger partial charge in [0, 0.05) is 44.1 Å². The van der Waals surface area contributed by atoms with E-state index < -0.39 is 52.8 Å². The van der Waals surface area contributed by atoms with Crippen LogP contribution >= 0.6 is 0 Å². The maximum atomic E-state index is 11.7. The maximum Gasteiger partial charge on any atom is 0.317 e. The summed E-state index contributed by atoms with van der Waals surface area (Å²) in [7, 11) is -4.61. The maximum absolute atomic E-state index is 11.7. The number of rotatable bonds is 10. The summed E-state index contributed by atoms with van der Waals surface area (Å²) in [5.74, 6) is -4.97. The van der Waals surface area contributed by atoms with Crippen LogP contribution in [0.25, 0.3) is 0 Å². The van der Waals surface area contributed by atoms with Crippen molar-refractivity contribution in [2.24, 2.45) is 0 Å². The largest absolute Gasteiger partial charge is 0.480 e. The zero-order chi connectivity index (χ0) is 20.2. The Bertz CT molecular complexity index is 524. The SMILES string of the molecule is [Ac].[CH2-]C(O)CC.[CH2-]CNC(=O)C(CS(=O)(=O)O)N(CC(=O)O)CC(=O)O. The number of hydrogen-bond donors (Lipinski definition) is 5. The molecule has 2 atom stereocenters. The molecule has 0 heterocycles. The van der Waals surface area contributed by atoms with Crippen LogP contribution in [0.15, 0.2) is 0 Å². The number of amides is 1. The summed E-state index contributed by atoms with van der Waals surface area (Å²) in [4.78, 5) is 33.6. The van der Waals surface area contributed by atoms with Gasteiger partial charge in [0.25, 0.3) is 10.1 Å². The van der Waals surface area contributed by atoms with Crippen LogP contribution in [0.5, 0.6) is 0 Å². The summed E-state index contributed by atoms with van der Waals surface area (Å²) in [5.41, 5.74) is 0. The number of carbonyl (C=O) groups is 3. The first kappa shape index (κ1) is 30.4. The monoisotopic (exact) mass is 611 g/mol. The summed E-state index contributed by atoms with van der Waals surface area (Å²) in [6.45, 7) is 6.62. The van der Waals surface area contributed by atoms with E-state index in [0.29, 0.717) is 4.90 Å². The van der Waals surface area contributed by atoms with Crippen molar-refractivity contribution < 1.29 is 86.7 Å². The molecule has 151 valence electrons. The van der Waals surface area contributed by atoms with E-state index in [1.54, 1.807) is 0 Å². The van der Waals surface area contributed by atoms with Gasteiger partial charge in [-0.15, -0.1) is 6.54 Å². The van der Waals surface area contributed by atoms with Gasteiger partial charge in [0.2, 0.25) is 5.91 Å². The number of aliphatic carboxylic acids is 2. The standard InChI is InChI=1S/C9H15N2O8S.C4H9O.Ac/c1-2-10-9(16)6(5-20(17,18)19)11(3-7(12)13)4-8(14)15;1-3-4(2)5;/h6H,1-5H2,(H,10,16)(H,12,13)(H,14,15)(H,17,18,19);4-5H,2-3H2,1H3;/q2*-1;. The molecule has 0 rings (SSSR count). The molecular weight excluding hydrogens is 587 g/mol. The molecule has 1 amide bonds. The summed E-state index contributed by atoms with van der Waals surface area (Å²) in [6, 6.07) is -1.65. The number of aliphatic hydroxyl groups excluding tert-OH is 1. The number of hydrogen-bond acceptors (Lipinski definition) is 7. The zero-order valence-electron chi connectivity index (χ0n) is 14.4. The number of carboxylic acids is 2. The van der Waals surface area contributed by atoms with Crippen LogP contribution in [0.1, 0.15) is 13.3 Å². The van der Waals surface area contributed by atoms with Crippen molar-refractivity contribution in [1.82, 2.24) is 10.2 Å². The summed E-state index contributed by atoms with van der Waals surface area (Å²) in [6.07, 6.45) is 0.384. The molecule has 0 saturated carbocycles. The summed E-state index contributed by atoms with van der Waals surface area (Å²) in [5, 5.41) is 27.7. The second-order valence-corrected chi connectivity index (χ2v) is 6.31. The van der Waals surface area contributed by atoms with Crippen LogP contribution in [-0.2, 0) is 24.5 Å². The van der Waals surface area contributed by atoms with E-state index in [9.17, 15) is 22.8 Å². The molecule has 0 spiro atoms. The quantitative estimate of drug-likeness (QED) is 0.141. The fourth-order valence-corrected chi connectivity index (χ4v) is 2.17. The zero-order valence-corrected chi connectivity index (χ0v) is 19.9. The van der Waals surface area contributed by atoms with Crippen LogP contribution in [0.4, 0.5) is 0 Å². The molecule has 1 radical (unpaired) electrons. The van der Waals surface area contributed by atoms with Crippen molar-refractivity contribution in [2.45, 2.75) is 25.5 Å². The van der Waals surface area contributed by atoms with Crippen LogP contribution < -0.4 is 5.32 Å². The molecule has 0 aromatic heterocycles. The number of nitrogens with one attached hydrogen (secondary N) is 1. The third kappa shape index (κ3) is 18.5. The predicted molar refractivity (Wildman–Crippen MR) is 87.1 cm³/mol. The van der Waals surface area contributed by atoms with Crippen molar-refractivity contribution in [1.29, 1.82) is 0 Å². The van der Waals surface area contributed by atoms with Crippen molar-refractivity contribution in [3.8, 4) is 0 Å². The summed E-state index contributed by atoms with van der Waals surface area (Å²) < 4.78 is 30.5. The number of aliphatic hydroxyl groups is 1. The Kier molecular flexibility index (Phi) is 18.4. The van der Waals surface area contributed by atoms with E-state index in [0.717, 1.165) is 6.42 Å². The molecule has 0 aliphatic rings. The Balaban J connectivity index is -0.000000772. The van der Waals surface area contributed by atoms with E-state index in [1.807, 2.05) is 6.92 Å². The van der Waals surface area contributed by atoms with Crippen molar-refractivity contribution in [3.63, 3.8) is 0 Å². The molecule has 0 aromatic rings. The van der Waals surface area contributed by atoms with Crippen LogP contribution in [0, 0.1) is 57.9 Å². The molecule has 0 fully saturated rings. The second kappa shape index (κ2) is 15.7. The van der Waals surface area contributed by atoms with E-state index >= 15 is 0 Å². The minimum Gasteiger partial charge on any atom is -0.480 e. The third-order valence-corrected chi connectivity index (χ3v) is 3.30. The topological polar surface area (TPSA) is 182 Å². The van der Waals surface area contributed by atoms with Gasteiger partial charge in [-0.2, -0.15) is 8.42 Å². The smallest absolute Gasteiger partial charge is 0.317 e. The van der Waals surface area contributed by atoms with Crippen LogP contribution in [0.2, 0.25) is 0 Å². The fraction of sp³-hybridized carbons (Fsp3) is 0.615. The Morgan fingerprint density at radius 2 is 1.54 bits per heavy atom. The Hall–Kier alpha value is -0.318. The van der Waals surface area contributed by atoms with E-state index in [2.05, 4.69) is 19.2 Å². The predicted octanol–water partition coefficient (Wildman–Crippen LogP) is -1.74. The van der Waals surface area contributed by atoms with Crippen molar-refractivity contribution >= 4 is 28.0 Å². The first-order valence-corrected chi connectivity index (χ1v) is 8.65. The minimum absolute atomic E-state index is 0. The van der Waals surface area contributed by atoms with E-state index in [4.69, 9.17) is 19.9 Å². The molecule has 26 heavy (non-hydrogen) atoms. The van der Waals surface area contributed by atoms with E-state index in [1.165, 1.54) is 0 Å². The summed E-state index contributed by atoms with van der Waals surface area (Å²) >= 11 is 0. The Labute approximate surface area is 188 Å². The Morgan fingerprint density at radius 3 is 1.77 bits per heavy atom. The van der Waals surface area contributed by atoms with Gasteiger partial charge in [-0.3, -0.25) is 23.8 Å². The molecule has 0 aliphatic heterocycles. The molecule has 5 N–H and O–H groups in total. The van der Waals surface area contributed by atoms with Crippen LogP contribution in [0.3, 0.4) is 0 Å². The molecule has 0 aliphatic carbocycles. The molecule has 0 bridgehead atoms. The molecule has 2 unspecified atom stereocenters. The molecule has 0 aromatic carbocycles. The molecule has 11 nitrogen and oxygen atoms in total. The van der Waals surface area contributed by atoms with Gasteiger partial charge in [0.15, 0.2) is 0 Å². The van der Waals surface area contributed by atoms with Gasteiger partial charge in [-0.25, -0.2) is 0 Å². The molecule has 13 heteroatoms.